The standard InChI is InChI=1S/C14H14F3N5O2/c15-14(16,17)11-3-9(13(24)21-11)1-8-2-12-20-10(5-18-7-23)6-22(12)19-4-8/h2,4,6-7,9,11H,1,3,5H2,(H,18,23)(H,21,24)/t9-,11?/m0/s1. The van der Waals surface area contributed by atoms with Gasteiger partial charge in [-0.25, -0.2) is 9.50 Å². The van der Waals surface area contributed by atoms with Crippen LogP contribution in [0.15, 0.2) is 18.5 Å². The molecular formula is C14H14F3N5O2. The Balaban J connectivity index is 1.73. The van der Waals surface area contributed by atoms with Gasteiger partial charge in [-0.3, -0.25) is 9.59 Å². The van der Waals surface area contributed by atoms with Crippen LogP contribution in [0.4, 0.5) is 13.2 Å². The van der Waals surface area contributed by atoms with Crippen LogP contribution in [0.5, 0.6) is 0 Å². The van der Waals surface area contributed by atoms with E-state index in [1.165, 1.54) is 10.7 Å². The van der Waals surface area contributed by atoms with Gasteiger partial charge in [0, 0.05) is 5.92 Å². The molecule has 0 saturated carbocycles. The summed E-state index contributed by atoms with van der Waals surface area (Å²) in [5, 5.41) is 8.59. The number of nitrogens with zero attached hydrogens (tertiary/aromatic N) is 3. The zero-order chi connectivity index (χ0) is 17.3. The van der Waals surface area contributed by atoms with E-state index < -0.39 is 24.0 Å². The molecule has 0 radical (unpaired) electrons. The lowest BCUT2D eigenvalue weighted by Crippen LogP contribution is -2.38. The molecule has 1 aliphatic rings. The van der Waals surface area contributed by atoms with Crippen LogP contribution in [0.3, 0.4) is 0 Å². The number of hydrogen-bond acceptors (Lipinski definition) is 4. The van der Waals surface area contributed by atoms with Crippen molar-refractivity contribution in [2.45, 2.75) is 31.6 Å². The van der Waals surface area contributed by atoms with Crippen molar-refractivity contribution in [1.82, 2.24) is 25.2 Å². The molecule has 0 aromatic carbocycles. The minimum atomic E-state index is -4.43. The summed E-state index contributed by atoms with van der Waals surface area (Å²) < 4.78 is 39.6. The Morgan fingerprint density at radius 3 is 2.92 bits per heavy atom. The van der Waals surface area contributed by atoms with E-state index in [0.717, 1.165) is 0 Å². The average molecular weight is 341 g/mol. The maximum Gasteiger partial charge on any atom is 0.408 e. The Morgan fingerprint density at radius 1 is 1.46 bits per heavy atom. The molecule has 1 unspecified atom stereocenters. The molecule has 0 bridgehead atoms. The second kappa shape index (κ2) is 6.10. The first-order valence-electron chi connectivity index (χ1n) is 7.24. The number of carbonyl (C=O) groups is 2. The Hall–Kier alpha value is -2.65. The van der Waals surface area contributed by atoms with Gasteiger partial charge in [-0.15, -0.1) is 0 Å². The average Bonchev–Trinajstić information content (AvgIpc) is 3.08. The van der Waals surface area contributed by atoms with Crippen LogP contribution >= 0.6 is 0 Å². The molecule has 2 aromatic rings. The predicted molar refractivity (Wildman–Crippen MR) is 75.7 cm³/mol. The van der Waals surface area contributed by atoms with Crippen molar-refractivity contribution in [3.8, 4) is 0 Å². The van der Waals surface area contributed by atoms with Gasteiger partial charge >= 0.3 is 6.18 Å². The molecule has 1 saturated heterocycles. The molecule has 24 heavy (non-hydrogen) atoms. The number of fused-ring (bicyclic) bond motifs is 1. The quantitative estimate of drug-likeness (QED) is 0.779. The van der Waals surface area contributed by atoms with Crippen LogP contribution in [-0.4, -0.2) is 39.1 Å². The maximum atomic E-state index is 12.7. The van der Waals surface area contributed by atoms with E-state index >= 15 is 0 Å². The third-order valence-electron chi connectivity index (χ3n) is 3.88. The molecule has 2 atom stereocenters. The first-order valence-corrected chi connectivity index (χ1v) is 7.24. The number of amides is 2. The molecule has 1 fully saturated rings. The fourth-order valence-corrected chi connectivity index (χ4v) is 2.72. The largest absolute Gasteiger partial charge is 0.408 e. The van der Waals surface area contributed by atoms with E-state index in [4.69, 9.17) is 0 Å². The lowest BCUT2D eigenvalue weighted by atomic mass is 9.97. The summed E-state index contributed by atoms with van der Waals surface area (Å²) in [5.74, 6) is -1.34. The number of aromatic nitrogens is 3. The van der Waals surface area contributed by atoms with Crippen LogP contribution in [0.1, 0.15) is 17.7 Å². The number of rotatable bonds is 5. The maximum absolute atomic E-state index is 12.7. The fourth-order valence-electron chi connectivity index (χ4n) is 2.72. The lowest BCUT2D eigenvalue weighted by Gasteiger charge is -2.13. The van der Waals surface area contributed by atoms with Gasteiger partial charge in [0.25, 0.3) is 0 Å². The minimum Gasteiger partial charge on any atom is -0.353 e. The molecule has 3 rings (SSSR count). The summed E-state index contributed by atoms with van der Waals surface area (Å²) in [5.41, 5.74) is 1.73. The van der Waals surface area contributed by atoms with Crippen LogP contribution < -0.4 is 10.6 Å². The van der Waals surface area contributed by atoms with Gasteiger partial charge in [-0.1, -0.05) is 0 Å². The number of halogens is 3. The van der Waals surface area contributed by atoms with E-state index in [1.54, 1.807) is 12.3 Å². The van der Waals surface area contributed by atoms with Crippen LogP contribution in [0.25, 0.3) is 5.65 Å². The number of alkyl halides is 3. The highest BCUT2D eigenvalue weighted by molar-refractivity contribution is 5.81. The molecule has 10 heteroatoms. The Bertz CT molecular complexity index is 773. The van der Waals surface area contributed by atoms with E-state index in [-0.39, 0.29) is 19.4 Å². The van der Waals surface area contributed by atoms with Gasteiger partial charge in [0.1, 0.15) is 6.04 Å². The van der Waals surface area contributed by atoms with E-state index in [9.17, 15) is 22.8 Å². The van der Waals surface area contributed by atoms with Crippen LogP contribution in [0.2, 0.25) is 0 Å². The Kier molecular flexibility index (Phi) is 4.12. The normalized spacial score (nSPS) is 21.0. The summed E-state index contributed by atoms with van der Waals surface area (Å²) in [7, 11) is 0. The Labute approximate surface area is 134 Å². The summed E-state index contributed by atoms with van der Waals surface area (Å²) in [4.78, 5) is 26.3. The highest BCUT2D eigenvalue weighted by Crippen LogP contribution is 2.31. The molecular weight excluding hydrogens is 327 g/mol. The first-order chi connectivity index (χ1) is 11.4. The van der Waals surface area contributed by atoms with Crippen molar-refractivity contribution < 1.29 is 22.8 Å². The molecule has 7 nitrogen and oxygen atoms in total. The summed E-state index contributed by atoms with van der Waals surface area (Å²) >= 11 is 0. The number of carbonyl (C=O) groups excluding carboxylic acids is 2. The van der Waals surface area contributed by atoms with Crippen molar-refractivity contribution in [2.75, 3.05) is 0 Å². The fraction of sp³-hybridized carbons (Fsp3) is 0.429. The zero-order valence-corrected chi connectivity index (χ0v) is 12.4. The van der Waals surface area contributed by atoms with E-state index in [0.29, 0.717) is 23.3 Å². The smallest absolute Gasteiger partial charge is 0.353 e. The second-order valence-electron chi connectivity index (χ2n) is 5.64. The van der Waals surface area contributed by atoms with Crippen molar-refractivity contribution in [3.05, 3.63) is 29.7 Å². The van der Waals surface area contributed by atoms with E-state index in [1.807, 2.05) is 5.32 Å². The number of nitrogens with one attached hydrogen (secondary N) is 2. The lowest BCUT2D eigenvalue weighted by molar-refractivity contribution is -0.154. The predicted octanol–water partition coefficient (Wildman–Crippen LogP) is 0.585. The highest BCUT2D eigenvalue weighted by Gasteiger charge is 2.47. The summed E-state index contributed by atoms with van der Waals surface area (Å²) in [6.07, 6.45) is -0.862. The summed E-state index contributed by atoms with van der Waals surface area (Å²) in [6.45, 7) is 0.250. The zero-order valence-electron chi connectivity index (χ0n) is 12.4. The van der Waals surface area contributed by atoms with Crippen molar-refractivity contribution in [1.29, 1.82) is 0 Å². The van der Waals surface area contributed by atoms with Gasteiger partial charge in [-0.05, 0) is 24.5 Å². The Morgan fingerprint density at radius 2 is 2.25 bits per heavy atom. The first kappa shape index (κ1) is 16.2. The topological polar surface area (TPSA) is 88.4 Å². The van der Waals surface area contributed by atoms with Crippen LogP contribution in [-0.2, 0) is 22.6 Å². The van der Waals surface area contributed by atoms with E-state index in [2.05, 4.69) is 15.4 Å². The molecule has 0 spiro atoms. The van der Waals surface area contributed by atoms with Crippen molar-refractivity contribution in [2.24, 2.45) is 5.92 Å². The van der Waals surface area contributed by atoms with Crippen molar-refractivity contribution >= 4 is 18.0 Å². The molecule has 128 valence electrons. The highest BCUT2D eigenvalue weighted by atomic mass is 19.4. The monoisotopic (exact) mass is 341 g/mol. The second-order valence-corrected chi connectivity index (χ2v) is 5.64. The third kappa shape index (κ3) is 3.31. The minimum absolute atomic E-state index is 0.163. The van der Waals surface area contributed by atoms with Crippen LogP contribution in [0, 0.1) is 5.92 Å². The van der Waals surface area contributed by atoms with Crippen molar-refractivity contribution in [3.63, 3.8) is 0 Å². The number of hydrogen-bond donors (Lipinski definition) is 2. The molecule has 2 N–H and O–H groups in total. The number of imidazole rings is 1. The van der Waals surface area contributed by atoms with Gasteiger partial charge < -0.3 is 10.6 Å². The molecule has 0 aliphatic carbocycles. The SMILES string of the molecule is O=CNCc1cn2ncc(C[C@H]3CC(C(F)(F)F)NC3=O)cc2n1. The van der Waals surface area contributed by atoms with Gasteiger partial charge in [-0.2, -0.15) is 18.3 Å². The van der Waals surface area contributed by atoms with Gasteiger partial charge in [0.05, 0.1) is 24.6 Å². The molecule has 1 aliphatic heterocycles. The summed E-state index contributed by atoms with van der Waals surface area (Å²) in [6, 6.07) is -0.120. The molecule has 3 heterocycles. The van der Waals surface area contributed by atoms with Gasteiger partial charge in [0.2, 0.25) is 12.3 Å². The molecule has 2 amide bonds. The molecule has 2 aromatic heterocycles. The third-order valence-corrected chi connectivity index (χ3v) is 3.88. The van der Waals surface area contributed by atoms with Gasteiger partial charge in [0.15, 0.2) is 5.65 Å².